The number of piperidine rings is 1. The average Bonchev–Trinajstić information content (AvgIpc) is 3.32. The van der Waals surface area contributed by atoms with Crippen LogP contribution in [0.3, 0.4) is 0 Å². The zero-order valence-electron chi connectivity index (χ0n) is 19.2. The van der Waals surface area contributed by atoms with Gasteiger partial charge in [0.25, 0.3) is 5.88 Å². The van der Waals surface area contributed by atoms with E-state index in [2.05, 4.69) is 31.6 Å². The molecule has 1 aromatic heterocycles. The van der Waals surface area contributed by atoms with Crippen molar-refractivity contribution in [3.05, 3.63) is 42.0 Å². The summed E-state index contributed by atoms with van der Waals surface area (Å²) >= 11 is 0. The van der Waals surface area contributed by atoms with Gasteiger partial charge in [0.05, 0.1) is 19.7 Å². The van der Waals surface area contributed by atoms with Crippen molar-refractivity contribution in [2.75, 3.05) is 39.4 Å². The number of carbonyl (C=O) groups is 1. The largest absolute Gasteiger partial charge is 0.494 e. The summed E-state index contributed by atoms with van der Waals surface area (Å²) in [4.78, 5) is 24.0. The number of nitrogens with zero attached hydrogens (tertiary/aromatic N) is 3. The standard InChI is InChI=1S/C24H27N5O5/c1-31-19-5-3-4-17-21(19)27-22(23(26-17)32-2)28-24(30)25-16-8-10-29(11-9-16)13-15-6-7-18-20(12-15)34-14-33-18/h3-7,12,16H,8-11,13-14H2,1-2H3,(H2,25,27,28,30). The molecule has 2 N–H and O–H groups in total. The van der Waals surface area contributed by atoms with E-state index < -0.39 is 0 Å². The topological polar surface area (TPSA) is 107 Å². The number of aromatic nitrogens is 2. The van der Waals surface area contributed by atoms with Crippen LogP contribution in [0.4, 0.5) is 10.6 Å². The van der Waals surface area contributed by atoms with E-state index in [0.29, 0.717) is 16.8 Å². The van der Waals surface area contributed by atoms with E-state index in [1.54, 1.807) is 13.2 Å². The minimum absolute atomic E-state index is 0.0713. The summed E-state index contributed by atoms with van der Waals surface area (Å²) in [7, 11) is 3.06. The van der Waals surface area contributed by atoms with Gasteiger partial charge >= 0.3 is 6.03 Å². The van der Waals surface area contributed by atoms with Crippen molar-refractivity contribution in [2.45, 2.75) is 25.4 Å². The van der Waals surface area contributed by atoms with Crippen molar-refractivity contribution < 1.29 is 23.7 Å². The number of fused-ring (bicyclic) bond motifs is 2. The number of ether oxygens (including phenoxy) is 4. The Bertz CT molecular complexity index is 1200. The van der Waals surface area contributed by atoms with Gasteiger partial charge in [-0.05, 0) is 42.7 Å². The Hall–Kier alpha value is -3.79. The fourth-order valence-electron chi connectivity index (χ4n) is 4.29. The first-order valence-corrected chi connectivity index (χ1v) is 11.2. The number of rotatable bonds is 6. The number of nitrogens with one attached hydrogen (secondary N) is 2. The van der Waals surface area contributed by atoms with E-state index >= 15 is 0 Å². The lowest BCUT2D eigenvalue weighted by Gasteiger charge is -2.32. The second-order valence-electron chi connectivity index (χ2n) is 8.25. The third kappa shape index (κ3) is 4.62. The van der Waals surface area contributed by atoms with E-state index in [4.69, 9.17) is 18.9 Å². The molecule has 178 valence electrons. The van der Waals surface area contributed by atoms with E-state index in [9.17, 15) is 4.79 Å². The van der Waals surface area contributed by atoms with Crippen molar-refractivity contribution in [1.82, 2.24) is 20.2 Å². The Morgan fingerprint density at radius 3 is 2.71 bits per heavy atom. The molecule has 0 unspecified atom stereocenters. The number of anilines is 1. The van der Waals surface area contributed by atoms with Crippen LogP contribution in [0.2, 0.25) is 0 Å². The minimum Gasteiger partial charge on any atom is -0.494 e. The maximum atomic E-state index is 12.7. The molecule has 10 nitrogen and oxygen atoms in total. The summed E-state index contributed by atoms with van der Waals surface area (Å²) in [5, 5.41) is 5.83. The summed E-state index contributed by atoms with van der Waals surface area (Å²) in [5.41, 5.74) is 2.36. The van der Waals surface area contributed by atoms with E-state index in [-0.39, 0.29) is 30.6 Å². The Labute approximate surface area is 197 Å². The van der Waals surface area contributed by atoms with Gasteiger partial charge in [-0.25, -0.2) is 14.8 Å². The maximum absolute atomic E-state index is 12.7. The summed E-state index contributed by atoms with van der Waals surface area (Å²) in [5.74, 6) is 2.66. The smallest absolute Gasteiger partial charge is 0.320 e. The van der Waals surface area contributed by atoms with Gasteiger partial charge in [-0.2, -0.15) is 0 Å². The van der Waals surface area contributed by atoms with Gasteiger partial charge in [0.2, 0.25) is 6.79 Å². The molecule has 34 heavy (non-hydrogen) atoms. The van der Waals surface area contributed by atoms with E-state index in [1.165, 1.54) is 12.7 Å². The van der Waals surface area contributed by atoms with Gasteiger partial charge in [-0.15, -0.1) is 0 Å². The number of likely N-dealkylation sites (tertiary alicyclic amines) is 1. The predicted octanol–water partition coefficient (Wildman–Crippen LogP) is 3.16. The SMILES string of the molecule is COc1nc2cccc(OC)c2nc1NC(=O)NC1CCN(Cc2ccc3c(c2)OCO3)CC1. The number of carbonyl (C=O) groups excluding carboxylic acids is 1. The average molecular weight is 466 g/mol. The molecule has 5 rings (SSSR count). The van der Waals surface area contributed by atoms with Crippen molar-refractivity contribution in [3.63, 3.8) is 0 Å². The zero-order chi connectivity index (χ0) is 23.5. The fourth-order valence-corrected chi connectivity index (χ4v) is 4.29. The van der Waals surface area contributed by atoms with Gasteiger partial charge in [0.1, 0.15) is 11.3 Å². The van der Waals surface area contributed by atoms with Crippen LogP contribution in [0.1, 0.15) is 18.4 Å². The highest BCUT2D eigenvalue weighted by atomic mass is 16.7. The van der Waals surface area contributed by atoms with E-state index in [0.717, 1.165) is 44.0 Å². The fraction of sp³-hybridized carbons (Fsp3) is 0.375. The quantitative estimate of drug-likeness (QED) is 0.572. The first kappa shape index (κ1) is 22.0. The lowest BCUT2D eigenvalue weighted by molar-refractivity contribution is 0.173. The Kier molecular flexibility index (Phi) is 6.22. The maximum Gasteiger partial charge on any atom is 0.320 e. The van der Waals surface area contributed by atoms with Crippen LogP contribution >= 0.6 is 0 Å². The van der Waals surface area contributed by atoms with Gasteiger partial charge in [-0.1, -0.05) is 12.1 Å². The van der Waals surface area contributed by atoms with Crippen molar-refractivity contribution in [3.8, 4) is 23.1 Å². The number of methoxy groups -OCH3 is 2. The van der Waals surface area contributed by atoms with Crippen LogP contribution in [0.15, 0.2) is 36.4 Å². The zero-order valence-corrected chi connectivity index (χ0v) is 19.2. The Morgan fingerprint density at radius 1 is 1.09 bits per heavy atom. The molecule has 2 aliphatic rings. The summed E-state index contributed by atoms with van der Waals surface area (Å²) < 4.78 is 21.6. The predicted molar refractivity (Wildman–Crippen MR) is 126 cm³/mol. The molecule has 3 heterocycles. The number of amides is 2. The summed E-state index contributed by atoms with van der Waals surface area (Å²) in [6.07, 6.45) is 1.71. The highest BCUT2D eigenvalue weighted by molar-refractivity contribution is 5.92. The lowest BCUT2D eigenvalue weighted by atomic mass is 10.0. The normalized spacial score (nSPS) is 15.8. The first-order valence-electron chi connectivity index (χ1n) is 11.2. The minimum atomic E-state index is -0.337. The van der Waals surface area contributed by atoms with Gasteiger partial charge in [-0.3, -0.25) is 10.2 Å². The molecule has 2 aliphatic heterocycles. The van der Waals surface area contributed by atoms with Crippen LogP contribution in [0, 0.1) is 0 Å². The Balaban J connectivity index is 1.17. The highest BCUT2D eigenvalue weighted by Gasteiger charge is 2.23. The number of urea groups is 1. The molecule has 2 amide bonds. The molecule has 0 spiro atoms. The van der Waals surface area contributed by atoms with Crippen LogP contribution in [0.5, 0.6) is 23.1 Å². The molecule has 1 saturated heterocycles. The third-order valence-electron chi connectivity index (χ3n) is 6.04. The number of benzene rings is 2. The van der Waals surface area contributed by atoms with E-state index in [1.807, 2.05) is 24.3 Å². The number of para-hydroxylation sites is 1. The van der Waals surface area contributed by atoms with Gasteiger partial charge < -0.3 is 24.3 Å². The molecular weight excluding hydrogens is 438 g/mol. The first-order chi connectivity index (χ1) is 16.6. The van der Waals surface area contributed by atoms with Gasteiger partial charge in [0.15, 0.2) is 17.3 Å². The second-order valence-corrected chi connectivity index (χ2v) is 8.25. The molecule has 10 heteroatoms. The molecule has 2 aromatic carbocycles. The molecule has 0 aliphatic carbocycles. The lowest BCUT2D eigenvalue weighted by Crippen LogP contribution is -2.45. The van der Waals surface area contributed by atoms with Crippen LogP contribution in [-0.4, -0.2) is 61.0 Å². The second kappa shape index (κ2) is 9.60. The van der Waals surface area contributed by atoms with Crippen molar-refractivity contribution in [1.29, 1.82) is 0 Å². The molecule has 0 atom stereocenters. The Morgan fingerprint density at radius 2 is 1.91 bits per heavy atom. The summed E-state index contributed by atoms with van der Waals surface area (Å²) in [6, 6.07) is 11.2. The number of hydrogen-bond donors (Lipinski definition) is 2. The molecule has 1 fully saturated rings. The molecule has 0 saturated carbocycles. The molecule has 0 radical (unpaired) electrons. The van der Waals surface area contributed by atoms with Crippen LogP contribution in [-0.2, 0) is 6.54 Å². The monoisotopic (exact) mass is 465 g/mol. The van der Waals surface area contributed by atoms with Crippen molar-refractivity contribution in [2.24, 2.45) is 0 Å². The summed E-state index contributed by atoms with van der Waals surface area (Å²) in [6.45, 7) is 2.88. The van der Waals surface area contributed by atoms with Crippen LogP contribution in [0.25, 0.3) is 11.0 Å². The highest BCUT2D eigenvalue weighted by Crippen LogP contribution is 2.33. The molecule has 3 aromatic rings. The van der Waals surface area contributed by atoms with Crippen molar-refractivity contribution >= 4 is 22.9 Å². The van der Waals surface area contributed by atoms with Crippen LogP contribution < -0.4 is 29.6 Å². The van der Waals surface area contributed by atoms with Gasteiger partial charge in [0, 0.05) is 25.7 Å². The molecule has 0 bridgehead atoms. The molecular formula is C24H27N5O5. The third-order valence-corrected chi connectivity index (χ3v) is 6.04. The number of hydrogen-bond acceptors (Lipinski definition) is 8.